The first-order valence-electron chi connectivity index (χ1n) is 6.04. The number of sulfone groups is 1. The largest absolute Gasteiger partial charge is 0.383 e. The molecule has 96 valence electrons. The Morgan fingerprint density at radius 1 is 1.38 bits per heavy atom. The average Bonchev–Trinajstić information content (AvgIpc) is 2.71. The van der Waals surface area contributed by atoms with E-state index >= 15 is 0 Å². The van der Waals surface area contributed by atoms with E-state index in [0.29, 0.717) is 6.61 Å². The Balaban J connectivity index is 2.54. The summed E-state index contributed by atoms with van der Waals surface area (Å²) in [5, 5.41) is 3.05. The minimum Gasteiger partial charge on any atom is -0.383 e. The molecule has 5 heteroatoms. The molecule has 1 aliphatic carbocycles. The zero-order valence-electron chi connectivity index (χ0n) is 10.2. The third-order valence-corrected chi connectivity index (χ3v) is 5.46. The second-order valence-corrected chi connectivity index (χ2v) is 6.77. The van der Waals surface area contributed by atoms with Crippen LogP contribution in [0.5, 0.6) is 0 Å². The van der Waals surface area contributed by atoms with E-state index in [2.05, 4.69) is 5.32 Å². The second-order valence-electron chi connectivity index (χ2n) is 4.45. The normalized spacial score (nSPS) is 20.1. The zero-order chi connectivity index (χ0) is 12.0. The van der Waals surface area contributed by atoms with Gasteiger partial charge in [-0.2, -0.15) is 0 Å². The Kier molecular flexibility index (Phi) is 5.72. The molecule has 1 N–H and O–H groups in total. The van der Waals surface area contributed by atoms with Crippen molar-refractivity contribution in [3.05, 3.63) is 0 Å². The first-order chi connectivity index (χ1) is 7.60. The summed E-state index contributed by atoms with van der Waals surface area (Å²) in [4.78, 5) is 0. The van der Waals surface area contributed by atoms with Gasteiger partial charge in [0.15, 0.2) is 9.84 Å². The molecular formula is C11H23NO3S. The molecule has 0 saturated heterocycles. The maximum atomic E-state index is 12.1. The quantitative estimate of drug-likeness (QED) is 0.730. The van der Waals surface area contributed by atoms with E-state index in [1.54, 1.807) is 7.11 Å². The molecule has 0 amide bonds. The van der Waals surface area contributed by atoms with Crippen LogP contribution in [-0.2, 0) is 14.6 Å². The average molecular weight is 249 g/mol. The van der Waals surface area contributed by atoms with Gasteiger partial charge in [-0.1, -0.05) is 19.8 Å². The Bertz CT molecular complexity index is 278. The second kappa shape index (κ2) is 6.57. The van der Waals surface area contributed by atoms with Gasteiger partial charge in [0.2, 0.25) is 0 Å². The molecule has 1 atom stereocenters. The molecule has 0 bridgehead atoms. The van der Waals surface area contributed by atoms with Crippen molar-refractivity contribution < 1.29 is 13.2 Å². The lowest BCUT2D eigenvalue weighted by Crippen LogP contribution is -2.41. The predicted molar refractivity (Wildman–Crippen MR) is 65.4 cm³/mol. The zero-order valence-corrected chi connectivity index (χ0v) is 11.1. The van der Waals surface area contributed by atoms with Crippen LogP contribution in [0.4, 0.5) is 0 Å². The first-order valence-corrected chi connectivity index (χ1v) is 7.75. The van der Waals surface area contributed by atoms with Gasteiger partial charge in [0, 0.05) is 13.2 Å². The monoisotopic (exact) mass is 249 g/mol. The van der Waals surface area contributed by atoms with Crippen LogP contribution in [0.25, 0.3) is 0 Å². The van der Waals surface area contributed by atoms with E-state index < -0.39 is 9.84 Å². The van der Waals surface area contributed by atoms with Gasteiger partial charge < -0.3 is 10.1 Å². The van der Waals surface area contributed by atoms with Crippen LogP contribution >= 0.6 is 0 Å². The number of nitrogens with one attached hydrogen (secondary N) is 1. The molecule has 1 aliphatic rings. The highest BCUT2D eigenvalue weighted by atomic mass is 32.2. The van der Waals surface area contributed by atoms with Crippen molar-refractivity contribution in [1.29, 1.82) is 0 Å². The van der Waals surface area contributed by atoms with E-state index in [4.69, 9.17) is 4.74 Å². The Labute approximate surface area is 98.7 Å². The molecule has 0 aromatic heterocycles. The lowest BCUT2D eigenvalue weighted by Gasteiger charge is -2.19. The highest BCUT2D eigenvalue weighted by Gasteiger charge is 2.30. The molecule has 0 heterocycles. The van der Waals surface area contributed by atoms with E-state index in [1.807, 2.05) is 6.92 Å². The van der Waals surface area contributed by atoms with Gasteiger partial charge in [0.05, 0.1) is 17.6 Å². The molecule has 1 saturated carbocycles. The SMILES string of the molecule is CCNC(COC)CS(=O)(=O)C1CCCC1. The van der Waals surface area contributed by atoms with Crippen molar-refractivity contribution in [2.24, 2.45) is 0 Å². The summed E-state index contributed by atoms with van der Waals surface area (Å²) in [5.74, 6) is 0.208. The summed E-state index contributed by atoms with van der Waals surface area (Å²) < 4.78 is 29.2. The van der Waals surface area contributed by atoms with Crippen LogP contribution in [-0.4, -0.2) is 45.7 Å². The van der Waals surface area contributed by atoms with Crippen molar-refractivity contribution in [2.75, 3.05) is 26.0 Å². The summed E-state index contributed by atoms with van der Waals surface area (Å²) >= 11 is 0. The van der Waals surface area contributed by atoms with E-state index in [-0.39, 0.29) is 17.0 Å². The summed E-state index contributed by atoms with van der Waals surface area (Å²) in [6, 6.07) is -0.0689. The van der Waals surface area contributed by atoms with Crippen molar-refractivity contribution in [2.45, 2.75) is 43.9 Å². The minimum atomic E-state index is -2.95. The van der Waals surface area contributed by atoms with E-state index in [1.165, 1.54) is 0 Å². The molecule has 0 spiro atoms. The summed E-state index contributed by atoms with van der Waals surface area (Å²) in [6.07, 6.45) is 3.79. The lowest BCUT2D eigenvalue weighted by molar-refractivity contribution is 0.174. The van der Waals surface area contributed by atoms with Crippen LogP contribution in [0.3, 0.4) is 0 Å². The van der Waals surface area contributed by atoms with E-state index in [0.717, 1.165) is 32.2 Å². The molecule has 4 nitrogen and oxygen atoms in total. The molecule has 16 heavy (non-hydrogen) atoms. The minimum absolute atomic E-state index is 0.0689. The highest BCUT2D eigenvalue weighted by molar-refractivity contribution is 7.92. The van der Waals surface area contributed by atoms with Gasteiger partial charge in [-0.25, -0.2) is 8.42 Å². The van der Waals surface area contributed by atoms with Crippen LogP contribution in [0.2, 0.25) is 0 Å². The molecule has 0 radical (unpaired) electrons. The number of hydrogen-bond acceptors (Lipinski definition) is 4. The van der Waals surface area contributed by atoms with Crippen LogP contribution in [0, 0.1) is 0 Å². The number of rotatable bonds is 7. The third-order valence-electron chi connectivity index (χ3n) is 3.10. The fourth-order valence-corrected chi connectivity index (χ4v) is 4.42. The standard InChI is InChI=1S/C11H23NO3S/c1-3-12-10(8-15-2)9-16(13,14)11-6-4-5-7-11/h10-12H,3-9H2,1-2H3. The summed E-state index contributed by atoms with van der Waals surface area (Å²) in [6.45, 7) is 3.21. The van der Waals surface area contributed by atoms with Crippen molar-refractivity contribution >= 4 is 9.84 Å². The van der Waals surface area contributed by atoms with Crippen molar-refractivity contribution in [3.63, 3.8) is 0 Å². The summed E-state index contributed by atoms with van der Waals surface area (Å²) in [7, 11) is -1.34. The topological polar surface area (TPSA) is 55.4 Å². The number of methoxy groups -OCH3 is 1. The fourth-order valence-electron chi connectivity index (χ4n) is 2.32. The van der Waals surface area contributed by atoms with Gasteiger partial charge in [0.1, 0.15) is 0 Å². The van der Waals surface area contributed by atoms with Gasteiger partial charge in [0.25, 0.3) is 0 Å². The van der Waals surface area contributed by atoms with Gasteiger partial charge in [-0.3, -0.25) is 0 Å². The van der Waals surface area contributed by atoms with Crippen LogP contribution < -0.4 is 5.32 Å². The number of hydrogen-bond donors (Lipinski definition) is 1. The van der Waals surface area contributed by atoms with E-state index in [9.17, 15) is 8.42 Å². The Hall–Kier alpha value is -0.130. The lowest BCUT2D eigenvalue weighted by atomic mass is 10.3. The Morgan fingerprint density at radius 3 is 2.50 bits per heavy atom. The third kappa shape index (κ3) is 4.03. The maximum absolute atomic E-state index is 12.1. The Morgan fingerprint density at radius 2 is 2.00 bits per heavy atom. The van der Waals surface area contributed by atoms with Gasteiger partial charge in [-0.05, 0) is 19.4 Å². The summed E-state index contributed by atoms with van der Waals surface area (Å²) in [5.41, 5.74) is 0. The maximum Gasteiger partial charge on any atom is 0.154 e. The molecular weight excluding hydrogens is 226 g/mol. The van der Waals surface area contributed by atoms with Crippen LogP contribution in [0.1, 0.15) is 32.6 Å². The smallest absolute Gasteiger partial charge is 0.154 e. The number of likely N-dealkylation sites (N-methyl/N-ethyl adjacent to an activating group) is 1. The van der Waals surface area contributed by atoms with Gasteiger partial charge in [-0.15, -0.1) is 0 Å². The van der Waals surface area contributed by atoms with Crippen molar-refractivity contribution in [3.8, 4) is 0 Å². The molecule has 0 aromatic rings. The predicted octanol–water partition coefficient (Wildman–Crippen LogP) is 0.968. The fraction of sp³-hybridized carbons (Fsp3) is 1.00. The molecule has 1 unspecified atom stereocenters. The first kappa shape index (κ1) is 13.9. The molecule has 0 aromatic carbocycles. The van der Waals surface area contributed by atoms with Gasteiger partial charge >= 0.3 is 0 Å². The van der Waals surface area contributed by atoms with Crippen molar-refractivity contribution in [1.82, 2.24) is 5.32 Å². The van der Waals surface area contributed by atoms with Crippen LogP contribution in [0.15, 0.2) is 0 Å². The molecule has 0 aliphatic heterocycles. The molecule has 1 rings (SSSR count). The molecule has 1 fully saturated rings. The number of ether oxygens (including phenoxy) is 1. The highest BCUT2D eigenvalue weighted by Crippen LogP contribution is 2.25.